The van der Waals surface area contributed by atoms with Gasteiger partial charge in [-0.05, 0) is 12.5 Å². The van der Waals surface area contributed by atoms with E-state index < -0.39 is 0 Å². The molecule has 1 amide bonds. The molecule has 1 unspecified atom stereocenters. The van der Waals surface area contributed by atoms with Crippen LogP contribution < -0.4 is 15.5 Å². The zero-order chi connectivity index (χ0) is 15.7. The Labute approximate surface area is 131 Å². The first kappa shape index (κ1) is 15.0. The van der Waals surface area contributed by atoms with Crippen LogP contribution in [0.2, 0.25) is 0 Å². The van der Waals surface area contributed by atoms with E-state index in [4.69, 9.17) is 0 Å². The van der Waals surface area contributed by atoms with Crippen LogP contribution in [-0.2, 0) is 4.79 Å². The van der Waals surface area contributed by atoms with Gasteiger partial charge in [-0.1, -0.05) is 20.8 Å². The van der Waals surface area contributed by atoms with Gasteiger partial charge in [0.25, 0.3) is 0 Å². The van der Waals surface area contributed by atoms with Crippen LogP contribution in [0.15, 0.2) is 6.33 Å². The maximum Gasteiger partial charge on any atom is 0.247 e. The van der Waals surface area contributed by atoms with Crippen LogP contribution in [0.3, 0.4) is 0 Å². The van der Waals surface area contributed by atoms with Gasteiger partial charge in [-0.25, -0.2) is 9.97 Å². The third-order valence-electron chi connectivity index (χ3n) is 4.44. The van der Waals surface area contributed by atoms with Gasteiger partial charge >= 0.3 is 0 Å². The summed E-state index contributed by atoms with van der Waals surface area (Å²) in [6, 6.07) is -0.243. The third-order valence-corrected chi connectivity index (χ3v) is 4.44. The average Bonchev–Trinajstić information content (AvgIpc) is 2.53. The van der Waals surface area contributed by atoms with Crippen molar-refractivity contribution >= 4 is 23.2 Å². The third kappa shape index (κ3) is 2.72. The zero-order valence-corrected chi connectivity index (χ0v) is 13.5. The van der Waals surface area contributed by atoms with Crippen molar-refractivity contribution in [1.29, 1.82) is 0 Å². The fourth-order valence-electron chi connectivity index (χ4n) is 3.00. The van der Waals surface area contributed by atoms with Gasteiger partial charge in [-0.3, -0.25) is 4.79 Å². The average molecular weight is 304 g/mol. The van der Waals surface area contributed by atoms with Crippen LogP contribution in [0, 0.1) is 5.92 Å². The highest BCUT2D eigenvalue weighted by Gasteiger charge is 2.32. The fraction of sp³-hybridized carbons (Fsp3) is 0.667. The molecule has 3 heterocycles. The first-order valence-electron chi connectivity index (χ1n) is 7.99. The zero-order valence-electron chi connectivity index (χ0n) is 13.5. The lowest BCUT2D eigenvalue weighted by molar-refractivity contribution is -0.117. The molecule has 0 saturated carbocycles. The minimum atomic E-state index is -0.243. The van der Waals surface area contributed by atoms with Crippen molar-refractivity contribution in [1.82, 2.24) is 14.9 Å². The first-order chi connectivity index (χ1) is 10.6. The smallest absolute Gasteiger partial charge is 0.247 e. The van der Waals surface area contributed by atoms with Gasteiger partial charge in [0.1, 0.15) is 18.1 Å². The van der Waals surface area contributed by atoms with E-state index in [0.29, 0.717) is 5.69 Å². The molecule has 2 N–H and O–H groups in total. The summed E-state index contributed by atoms with van der Waals surface area (Å²) in [4.78, 5) is 25.6. The summed E-state index contributed by atoms with van der Waals surface area (Å²) in [6.07, 6.45) is 1.57. The van der Waals surface area contributed by atoms with Gasteiger partial charge in [0.05, 0.1) is 0 Å². The summed E-state index contributed by atoms with van der Waals surface area (Å²) < 4.78 is 0. The molecule has 0 spiro atoms. The second-order valence-electron chi connectivity index (χ2n) is 6.20. The van der Waals surface area contributed by atoms with Crippen molar-refractivity contribution in [3.05, 3.63) is 6.33 Å². The van der Waals surface area contributed by atoms with Gasteiger partial charge in [-0.2, -0.15) is 0 Å². The maximum absolute atomic E-state index is 12.3. The minimum Gasteiger partial charge on any atom is -0.356 e. The highest BCUT2D eigenvalue weighted by Crippen LogP contribution is 2.34. The first-order valence-corrected chi connectivity index (χ1v) is 7.99. The van der Waals surface area contributed by atoms with Crippen molar-refractivity contribution in [2.75, 3.05) is 48.3 Å². The molecule has 120 valence electrons. The fourth-order valence-corrected chi connectivity index (χ4v) is 3.00. The molecule has 1 aromatic heterocycles. The molecular weight excluding hydrogens is 280 g/mol. The summed E-state index contributed by atoms with van der Waals surface area (Å²) in [5.41, 5.74) is 0.717. The monoisotopic (exact) mass is 304 g/mol. The van der Waals surface area contributed by atoms with Crippen molar-refractivity contribution in [2.45, 2.75) is 26.8 Å². The number of aromatic nitrogens is 2. The van der Waals surface area contributed by atoms with Gasteiger partial charge in [0.2, 0.25) is 5.91 Å². The normalized spacial score (nSPS) is 22.3. The van der Waals surface area contributed by atoms with Crippen LogP contribution in [0.5, 0.6) is 0 Å². The molecular formula is C15H24N6O. The molecule has 22 heavy (non-hydrogen) atoms. The summed E-state index contributed by atoms with van der Waals surface area (Å²) in [5.74, 6) is 1.75. The second-order valence-corrected chi connectivity index (χ2v) is 6.20. The van der Waals surface area contributed by atoms with Crippen molar-refractivity contribution in [3.63, 3.8) is 0 Å². The number of hydrogen-bond donors (Lipinski definition) is 2. The van der Waals surface area contributed by atoms with Crippen LogP contribution in [0.1, 0.15) is 20.8 Å². The molecule has 7 nitrogen and oxygen atoms in total. The lowest BCUT2D eigenvalue weighted by Gasteiger charge is -2.37. The Bertz CT molecular complexity index is 553. The molecule has 1 atom stereocenters. The number of likely N-dealkylation sites (N-methyl/N-ethyl adjacent to an activating group) is 1. The number of amides is 1. The van der Waals surface area contributed by atoms with E-state index in [-0.39, 0.29) is 17.9 Å². The summed E-state index contributed by atoms with van der Waals surface area (Å²) in [6.45, 7) is 11.2. The number of rotatable bonds is 3. The molecule has 1 aromatic rings. The molecule has 1 saturated heterocycles. The lowest BCUT2D eigenvalue weighted by Crippen LogP contribution is -2.48. The quantitative estimate of drug-likeness (QED) is 0.868. The van der Waals surface area contributed by atoms with Crippen molar-refractivity contribution in [3.8, 4) is 0 Å². The molecule has 7 heteroatoms. The van der Waals surface area contributed by atoms with Gasteiger partial charge in [0, 0.05) is 26.2 Å². The van der Waals surface area contributed by atoms with E-state index in [1.54, 1.807) is 6.33 Å². The molecule has 1 fully saturated rings. The van der Waals surface area contributed by atoms with Crippen LogP contribution in [0.4, 0.5) is 17.3 Å². The van der Waals surface area contributed by atoms with E-state index in [1.165, 1.54) is 0 Å². The Morgan fingerprint density at radius 1 is 1.27 bits per heavy atom. The standard InChI is InChI=1S/C15H24N6O/c1-4-20-5-7-21(8-6-20)14-12-13(16-9-17-14)18-11(10(2)3)15(22)19-12/h9-11H,4-8H2,1-3H3,(H,19,22)(H,16,17,18). The number of carbonyl (C=O) groups excluding carboxylic acids is 1. The molecule has 0 radical (unpaired) electrons. The Morgan fingerprint density at radius 2 is 2.00 bits per heavy atom. The highest BCUT2D eigenvalue weighted by atomic mass is 16.2. The second kappa shape index (κ2) is 6.08. The Balaban J connectivity index is 1.84. The van der Waals surface area contributed by atoms with E-state index in [9.17, 15) is 4.79 Å². The Kier molecular flexibility index (Phi) is 4.15. The Hall–Kier alpha value is -1.89. The van der Waals surface area contributed by atoms with Crippen molar-refractivity contribution < 1.29 is 4.79 Å². The predicted molar refractivity (Wildman–Crippen MR) is 87.2 cm³/mol. The van der Waals surface area contributed by atoms with Crippen molar-refractivity contribution in [2.24, 2.45) is 5.92 Å². The van der Waals surface area contributed by atoms with E-state index in [2.05, 4.69) is 37.3 Å². The molecule has 0 bridgehead atoms. The van der Waals surface area contributed by atoms with Gasteiger partial charge in [-0.15, -0.1) is 0 Å². The van der Waals surface area contributed by atoms with Crippen LogP contribution in [0.25, 0.3) is 0 Å². The molecule has 2 aliphatic heterocycles. The number of anilines is 3. The summed E-state index contributed by atoms with van der Waals surface area (Å²) >= 11 is 0. The van der Waals surface area contributed by atoms with Crippen LogP contribution in [-0.4, -0.2) is 59.5 Å². The Morgan fingerprint density at radius 3 is 2.64 bits per heavy atom. The van der Waals surface area contributed by atoms with E-state index >= 15 is 0 Å². The number of nitrogens with one attached hydrogen (secondary N) is 2. The predicted octanol–water partition coefficient (Wildman–Crippen LogP) is 1.01. The van der Waals surface area contributed by atoms with E-state index in [0.717, 1.165) is 44.4 Å². The van der Waals surface area contributed by atoms with Crippen LogP contribution >= 0.6 is 0 Å². The topological polar surface area (TPSA) is 73.4 Å². The number of nitrogens with zero attached hydrogens (tertiary/aromatic N) is 4. The number of carbonyl (C=O) groups is 1. The summed E-state index contributed by atoms with van der Waals surface area (Å²) in [7, 11) is 0. The summed E-state index contributed by atoms with van der Waals surface area (Å²) in [5, 5.41) is 6.25. The SMILES string of the molecule is CCN1CCN(c2ncnc3c2NC(=O)C(C(C)C)N3)CC1. The molecule has 3 rings (SSSR count). The molecule has 2 aliphatic rings. The highest BCUT2D eigenvalue weighted by molar-refractivity contribution is 6.05. The molecule has 0 aromatic carbocycles. The lowest BCUT2D eigenvalue weighted by atomic mass is 10.0. The number of piperazine rings is 1. The maximum atomic E-state index is 12.3. The minimum absolute atomic E-state index is 0.00857. The molecule has 0 aliphatic carbocycles. The van der Waals surface area contributed by atoms with Gasteiger partial charge in [0.15, 0.2) is 11.6 Å². The number of hydrogen-bond acceptors (Lipinski definition) is 6. The van der Waals surface area contributed by atoms with E-state index in [1.807, 2.05) is 13.8 Å². The number of fused-ring (bicyclic) bond motifs is 1. The largest absolute Gasteiger partial charge is 0.356 e. The van der Waals surface area contributed by atoms with Gasteiger partial charge < -0.3 is 20.4 Å².